The van der Waals surface area contributed by atoms with Crippen LogP contribution in [0.15, 0.2) is 0 Å². The van der Waals surface area contributed by atoms with Crippen molar-refractivity contribution in [1.82, 2.24) is 5.32 Å². The molecule has 2 atom stereocenters. The van der Waals surface area contributed by atoms with Crippen LogP contribution >= 0.6 is 0 Å². The van der Waals surface area contributed by atoms with Crippen LogP contribution in [0.25, 0.3) is 0 Å². The SMILES string of the molecule is CC(N)CNC(C)CN.NCCCN. The van der Waals surface area contributed by atoms with Crippen LogP contribution in [0.2, 0.25) is 0 Å². The summed E-state index contributed by atoms with van der Waals surface area (Å²) < 4.78 is 0. The molecular weight excluding hydrogens is 178 g/mol. The van der Waals surface area contributed by atoms with Gasteiger partial charge in [-0.25, -0.2) is 0 Å². The molecule has 0 aromatic carbocycles. The van der Waals surface area contributed by atoms with Gasteiger partial charge in [0.25, 0.3) is 0 Å². The van der Waals surface area contributed by atoms with Crippen molar-refractivity contribution in [3.8, 4) is 0 Å². The molecule has 0 aromatic heterocycles. The number of nitrogens with one attached hydrogen (secondary N) is 1. The van der Waals surface area contributed by atoms with Crippen LogP contribution in [-0.4, -0.2) is 38.3 Å². The van der Waals surface area contributed by atoms with E-state index < -0.39 is 0 Å². The number of rotatable bonds is 6. The summed E-state index contributed by atoms with van der Waals surface area (Å²) in [6.07, 6.45) is 0.944. The summed E-state index contributed by atoms with van der Waals surface area (Å²) in [5.41, 5.74) is 21.0. The highest BCUT2D eigenvalue weighted by Gasteiger charge is 1.97. The standard InChI is InChI=1S/C6H17N3.C3H10N2/c1-5(8)4-9-6(2)3-7;4-2-1-3-5/h5-6,9H,3-4,7-8H2,1-2H3;1-5H2. The minimum absolute atomic E-state index is 0.221. The summed E-state index contributed by atoms with van der Waals surface area (Å²) in [4.78, 5) is 0. The van der Waals surface area contributed by atoms with Gasteiger partial charge in [-0.15, -0.1) is 0 Å². The van der Waals surface area contributed by atoms with E-state index in [9.17, 15) is 0 Å². The predicted octanol–water partition coefficient (Wildman–Crippen LogP) is -1.44. The smallest absolute Gasteiger partial charge is 0.0162 e. The fourth-order valence-corrected chi connectivity index (χ4v) is 0.588. The molecule has 0 bridgehead atoms. The Bertz CT molecular complexity index is 95.2. The van der Waals surface area contributed by atoms with E-state index in [1.165, 1.54) is 0 Å². The van der Waals surface area contributed by atoms with E-state index in [0.29, 0.717) is 12.6 Å². The average molecular weight is 205 g/mol. The maximum atomic E-state index is 5.49. The van der Waals surface area contributed by atoms with Gasteiger partial charge in [0, 0.05) is 25.2 Å². The molecule has 0 aromatic rings. The highest BCUT2D eigenvalue weighted by Crippen LogP contribution is 1.76. The summed E-state index contributed by atoms with van der Waals surface area (Å²) in [5, 5.41) is 3.18. The average Bonchev–Trinajstić information content (AvgIpc) is 2.16. The lowest BCUT2D eigenvalue weighted by Crippen LogP contribution is -2.40. The lowest BCUT2D eigenvalue weighted by atomic mass is 10.3. The van der Waals surface area contributed by atoms with Gasteiger partial charge in [0.05, 0.1) is 0 Å². The van der Waals surface area contributed by atoms with Gasteiger partial charge in [-0.2, -0.15) is 0 Å². The predicted molar refractivity (Wildman–Crippen MR) is 62.9 cm³/mol. The normalized spacial score (nSPS) is 14.1. The molecule has 0 aliphatic rings. The van der Waals surface area contributed by atoms with Gasteiger partial charge in [0.15, 0.2) is 0 Å². The molecule has 14 heavy (non-hydrogen) atoms. The zero-order chi connectivity index (χ0) is 11.4. The number of hydrogen-bond donors (Lipinski definition) is 5. The van der Waals surface area contributed by atoms with Gasteiger partial charge in [-0.05, 0) is 33.4 Å². The Morgan fingerprint density at radius 3 is 1.79 bits per heavy atom. The van der Waals surface area contributed by atoms with Crippen molar-refractivity contribution in [2.45, 2.75) is 32.4 Å². The monoisotopic (exact) mass is 205 g/mol. The largest absolute Gasteiger partial charge is 0.330 e. The molecule has 0 fully saturated rings. The van der Waals surface area contributed by atoms with E-state index in [4.69, 9.17) is 22.9 Å². The van der Waals surface area contributed by atoms with Gasteiger partial charge in [-0.3, -0.25) is 0 Å². The molecule has 0 amide bonds. The Kier molecular flexibility index (Phi) is 14.8. The molecule has 0 radical (unpaired) electrons. The van der Waals surface area contributed by atoms with Gasteiger partial charge >= 0.3 is 0 Å². The fraction of sp³-hybridized carbons (Fsp3) is 1.00. The second kappa shape index (κ2) is 12.8. The van der Waals surface area contributed by atoms with E-state index in [1.54, 1.807) is 0 Å². The quantitative estimate of drug-likeness (QED) is 0.364. The zero-order valence-electron chi connectivity index (χ0n) is 9.50. The van der Waals surface area contributed by atoms with E-state index >= 15 is 0 Å². The highest BCUT2D eigenvalue weighted by molar-refractivity contribution is 4.64. The summed E-state index contributed by atoms with van der Waals surface area (Å²) in [5.74, 6) is 0. The van der Waals surface area contributed by atoms with E-state index in [0.717, 1.165) is 26.1 Å². The van der Waals surface area contributed by atoms with Crippen LogP contribution in [0.5, 0.6) is 0 Å². The molecule has 0 aliphatic carbocycles. The molecule has 0 rings (SSSR count). The van der Waals surface area contributed by atoms with Gasteiger partial charge in [-0.1, -0.05) is 0 Å². The maximum absolute atomic E-state index is 5.49. The van der Waals surface area contributed by atoms with Crippen molar-refractivity contribution < 1.29 is 0 Å². The summed E-state index contributed by atoms with van der Waals surface area (Å²) in [6, 6.07) is 0.606. The van der Waals surface area contributed by atoms with Crippen LogP contribution in [-0.2, 0) is 0 Å². The van der Waals surface area contributed by atoms with Crippen molar-refractivity contribution in [2.75, 3.05) is 26.2 Å². The zero-order valence-corrected chi connectivity index (χ0v) is 9.50. The van der Waals surface area contributed by atoms with Crippen LogP contribution in [0, 0.1) is 0 Å². The molecule has 2 unspecified atom stereocenters. The van der Waals surface area contributed by atoms with Crippen LogP contribution in [0.1, 0.15) is 20.3 Å². The molecule has 0 spiro atoms. The molecular formula is C9H27N5. The Morgan fingerprint density at radius 1 is 1.07 bits per heavy atom. The molecule has 0 saturated carbocycles. The first-order valence-electron chi connectivity index (χ1n) is 5.17. The van der Waals surface area contributed by atoms with Gasteiger partial charge in [0.1, 0.15) is 0 Å². The lowest BCUT2D eigenvalue weighted by Gasteiger charge is -2.12. The number of hydrogen-bond acceptors (Lipinski definition) is 5. The Labute approximate surface area is 87.6 Å². The molecule has 5 nitrogen and oxygen atoms in total. The third kappa shape index (κ3) is 17.8. The molecule has 0 aliphatic heterocycles. The third-order valence-electron chi connectivity index (χ3n) is 1.55. The van der Waals surface area contributed by atoms with Crippen LogP contribution < -0.4 is 28.3 Å². The van der Waals surface area contributed by atoms with E-state index in [1.807, 2.05) is 13.8 Å². The first-order chi connectivity index (χ1) is 6.58. The van der Waals surface area contributed by atoms with E-state index in [-0.39, 0.29) is 6.04 Å². The minimum Gasteiger partial charge on any atom is -0.330 e. The second-order valence-electron chi connectivity index (χ2n) is 3.45. The van der Waals surface area contributed by atoms with Crippen molar-refractivity contribution in [3.63, 3.8) is 0 Å². The molecule has 0 saturated heterocycles. The molecule has 9 N–H and O–H groups in total. The Hall–Kier alpha value is -0.200. The Balaban J connectivity index is 0. The maximum Gasteiger partial charge on any atom is 0.0162 e. The van der Waals surface area contributed by atoms with Crippen molar-refractivity contribution >= 4 is 0 Å². The second-order valence-corrected chi connectivity index (χ2v) is 3.45. The van der Waals surface area contributed by atoms with Crippen LogP contribution in [0.4, 0.5) is 0 Å². The van der Waals surface area contributed by atoms with Gasteiger partial charge in [0.2, 0.25) is 0 Å². The third-order valence-corrected chi connectivity index (χ3v) is 1.55. The van der Waals surface area contributed by atoms with Crippen molar-refractivity contribution in [1.29, 1.82) is 0 Å². The fourth-order valence-electron chi connectivity index (χ4n) is 0.588. The highest BCUT2D eigenvalue weighted by atomic mass is 14.9. The topological polar surface area (TPSA) is 116 Å². The molecule has 0 heterocycles. The van der Waals surface area contributed by atoms with Crippen molar-refractivity contribution in [2.24, 2.45) is 22.9 Å². The summed E-state index contributed by atoms with van der Waals surface area (Å²) >= 11 is 0. The van der Waals surface area contributed by atoms with Gasteiger partial charge < -0.3 is 28.3 Å². The summed E-state index contributed by atoms with van der Waals surface area (Å²) in [6.45, 7) is 6.97. The summed E-state index contributed by atoms with van der Waals surface area (Å²) in [7, 11) is 0. The Morgan fingerprint density at radius 2 is 1.57 bits per heavy atom. The van der Waals surface area contributed by atoms with Crippen LogP contribution in [0.3, 0.4) is 0 Å². The molecule has 88 valence electrons. The molecule has 5 heteroatoms. The van der Waals surface area contributed by atoms with E-state index in [2.05, 4.69) is 5.32 Å². The lowest BCUT2D eigenvalue weighted by molar-refractivity contribution is 0.523. The number of nitrogens with two attached hydrogens (primary N) is 4. The first kappa shape index (κ1) is 16.2. The first-order valence-corrected chi connectivity index (χ1v) is 5.17. The van der Waals surface area contributed by atoms with Crippen molar-refractivity contribution in [3.05, 3.63) is 0 Å². The minimum atomic E-state index is 0.221.